The molecule has 3 aliphatic carbocycles. The first kappa shape index (κ1) is 16.5. The van der Waals surface area contributed by atoms with Crippen LogP contribution in [-0.4, -0.2) is 25.3 Å². The predicted octanol–water partition coefficient (Wildman–Crippen LogP) is 2.54. The Morgan fingerprint density at radius 1 is 1.18 bits per heavy atom. The predicted molar refractivity (Wildman–Crippen MR) is 82.9 cm³/mol. The van der Waals surface area contributed by atoms with Crippen LogP contribution in [0.5, 0.6) is 0 Å². The van der Waals surface area contributed by atoms with Gasteiger partial charge in [0.2, 0.25) is 0 Å². The normalized spacial score (nSPS) is 15.2. The lowest BCUT2D eigenvalue weighted by Crippen LogP contribution is -2.31. The summed E-state index contributed by atoms with van der Waals surface area (Å²) in [4.78, 5) is 23.0. The molecule has 0 aliphatic heterocycles. The van der Waals surface area contributed by atoms with Gasteiger partial charge in [-0.3, -0.25) is 15.3 Å². The first-order valence-electron chi connectivity index (χ1n) is 7.71. The molecule has 3 rings (SSSR count). The summed E-state index contributed by atoms with van der Waals surface area (Å²) in [6.07, 6.45) is 2.79. The quantitative estimate of drug-likeness (QED) is 0.384. The van der Waals surface area contributed by atoms with Crippen molar-refractivity contribution in [1.29, 1.82) is 0 Å². The number of hydrogen-bond donors (Lipinski definition) is 1. The lowest BCUT2D eigenvalue weighted by Gasteiger charge is -2.12. The summed E-state index contributed by atoms with van der Waals surface area (Å²) in [6.45, 7) is 4.34. The summed E-state index contributed by atoms with van der Waals surface area (Å²) < 4.78 is 9.63. The number of esters is 2. The summed E-state index contributed by atoms with van der Waals surface area (Å²) in [5.74, 6) is -1.01. The average Bonchev–Trinajstić information content (AvgIpc) is 3.36. The molecule has 0 radical (unpaired) electrons. The fraction of sp³-hybridized carbons (Fsp3) is 0.529. The van der Waals surface area contributed by atoms with Crippen molar-refractivity contribution in [2.45, 2.75) is 39.5 Å². The van der Waals surface area contributed by atoms with Gasteiger partial charge in [0.15, 0.2) is 5.41 Å². The van der Waals surface area contributed by atoms with Crippen molar-refractivity contribution in [2.75, 3.05) is 13.3 Å². The number of hydrogen-bond acceptors (Lipinski definition) is 5. The van der Waals surface area contributed by atoms with Gasteiger partial charge < -0.3 is 9.47 Å². The molecular formula is C17H23NO4. The topological polar surface area (TPSA) is 78.6 Å². The Hall–Kier alpha value is -1.88. The molecule has 5 heteroatoms. The third-order valence-corrected chi connectivity index (χ3v) is 4.04. The zero-order valence-electron chi connectivity index (χ0n) is 13.2. The largest absolute Gasteiger partial charge is 0.465 e. The Balaban J connectivity index is 0.000000205. The van der Waals surface area contributed by atoms with Gasteiger partial charge in [0.05, 0.1) is 6.61 Å². The van der Waals surface area contributed by atoms with Crippen LogP contribution >= 0.6 is 0 Å². The minimum atomic E-state index is -1.03. The number of fused-ring (bicyclic) bond motifs is 1. The van der Waals surface area contributed by atoms with Crippen LogP contribution in [0.1, 0.15) is 38.2 Å². The smallest absolute Gasteiger partial charge is 0.324 e. The number of ether oxygens (including phenoxy) is 2. The Labute approximate surface area is 130 Å². The van der Waals surface area contributed by atoms with E-state index in [0.29, 0.717) is 19.4 Å². The number of rotatable bonds is 6. The van der Waals surface area contributed by atoms with Crippen molar-refractivity contribution in [3.8, 4) is 11.1 Å². The van der Waals surface area contributed by atoms with Crippen LogP contribution in [0.3, 0.4) is 0 Å². The maximum Gasteiger partial charge on any atom is 0.324 e. The monoisotopic (exact) mass is 305 g/mol. The van der Waals surface area contributed by atoms with Gasteiger partial charge in [-0.25, -0.2) is 0 Å². The maximum absolute atomic E-state index is 11.6. The molecule has 2 N–H and O–H groups in total. The lowest BCUT2D eigenvalue weighted by atomic mass is 10.1. The Kier molecular flexibility index (Phi) is 5.19. The second kappa shape index (κ2) is 6.92. The SMILES string of the molecule is CCCCOC(=O)C1(C(=O)OCN)CC1.Cc1c2cccc1-2. The van der Waals surface area contributed by atoms with Crippen LogP contribution in [0.2, 0.25) is 0 Å². The summed E-state index contributed by atoms with van der Waals surface area (Å²) in [5, 5.41) is 0. The molecule has 0 aromatic rings. The molecule has 0 unspecified atom stereocenters. The number of nitrogens with two attached hydrogens (primary N) is 1. The molecule has 3 aliphatic rings. The molecule has 0 heterocycles. The van der Waals surface area contributed by atoms with E-state index in [1.54, 1.807) is 0 Å². The zero-order chi connectivity index (χ0) is 16.2. The Morgan fingerprint density at radius 3 is 2.18 bits per heavy atom. The number of benzene rings is 1. The summed E-state index contributed by atoms with van der Waals surface area (Å²) >= 11 is 0. The van der Waals surface area contributed by atoms with E-state index in [4.69, 9.17) is 10.5 Å². The van der Waals surface area contributed by atoms with Crippen molar-refractivity contribution < 1.29 is 19.1 Å². The van der Waals surface area contributed by atoms with Crippen LogP contribution in [0, 0.1) is 12.3 Å². The zero-order valence-corrected chi connectivity index (χ0v) is 13.2. The number of carbonyl (C=O) groups excluding carboxylic acids is 2. The highest BCUT2D eigenvalue weighted by molar-refractivity contribution is 6.03. The van der Waals surface area contributed by atoms with E-state index in [0.717, 1.165) is 12.8 Å². The average molecular weight is 305 g/mol. The van der Waals surface area contributed by atoms with Crippen molar-refractivity contribution in [2.24, 2.45) is 11.1 Å². The molecule has 0 aromatic carbocycles. The highest BCUT2D eigenvalue weighted by Gasteiger charge is 2.59. The van der Waals surface area contributed by atoms with E-state index in [1.807, 2.05) is 6.92 Å². The van der Waals surface area contributed by atoms with E-state index in [2.05, 4.69) is 29.9 Å². The lowest BCUT2D eigenvalue weighted by molar-refractivity contribution is -0.164. The second-order valence-electron chi connectivity index (χ2n) is 5.65. The molecule has 0 atom stereocenters. The van der Waals surface area contributed by atoms with Crippen molar-refractivity contribution in [3.63, 3.8) is 0 Å². The minimum Gasteiger partial charge on any atom is -0.465 e. The van der Waals surface area contributed by atoms with E-state index in [1.165, 1.54) is 16.7 Å². The first-order chi connectivity index (χ1) is 10.6. The number of aryl methyl sites for hydroxylation is 1. The van der Waals surface area contributed by atoms with E-state index < -0.39 is 17.4 Å². The third kappa shape index (κ3) is 3.47. The fourth-order valence-electron chi connectivity index (χ4n) is 2.27. The van der Waals surface area contributed by atoms with E-state index in [-0.39, 0.29) is 6.73 Å². The molecule has 0 bridgehead atoms. The van der Waals surface area contributed by atoms with Gasteiger partial charge in [0, 0.05) is 0 Å². The van der Waals surface area contributed by atoms with Gasteiger partial charge in [0.1, 0.15) is 6.73 Å². The van der Waals surface area contributed by atoms with Gasteiger partial charge in [-0.2, -0.15) is 0 Å². The van der Waals surface area contributed by atoms with Crippen molar-refractivity contribution in [3.05, 3.63) is 23.8 Å². The van der Waals surface area contributed by atoms with Gasteiger partial charge in [-0.1, -0.05) is 31.5 Å². The highest BCUT2D eigenvalue weighted by Crippen LogP contribution is 2.47. The van der Waals surface area contributed by atoms with Gasteiger partial charge in [0.25, 0.3) is 0 Å². The van der Waals surface area contributed by atoms with Crippen LogP contribution in [0.15, 0.2) is 18.2 Å². The second-order valence-corrected chi connectivity index (χ2v) is 5.65. The molecule has 0 amide bonds. The molecular weight excluding hydrogens is 282 g/mol. The molecule has 22 heavy (non-hydrogen) atoms. The summed E-state index contributed by atoms with van der Waals surface area (Å²) in [5.41, 5.74) is 8.48. The van der Waals surface area contributed by atoms with Crippen LogP contribution in [0.25, 0.3) is 11.1 Å². The van der Waals surface area contributed by atoms with Gasteiger partial charge >= 0.3 is 11.9 Å². The van der Waals surface area contributed by atoms with Gasteiger partial charge in [-0.05, 0) is 42.9 Å². The molecule has 1 fully saturated rings. The van der Waals surface area contributed by atoms with E-state index >= 15 is 0 Å². The van der Waals surface area contributed by atoms with E-state index in [9.17, 15) is 9.59 Å². The highest BCUT2D eigenvalue weighted by atomic mass is 16.6. The van der Waals surface area contributed by atoms with Gasteiger partial charge in [-0.15, -0.1) is 0 Å². The number of carbonyl (C=O) groups is 2. The first-order valence-corrected chi connectivity index (χ1v) is 7.71. The Bertz CT molecular complexity index is 544. The Morgan fingerprint density at radius 2 is 1.77 bits per heavy atom. The summed E-state index contributed by atoms with van der Waals surface area (Å²) in [6, 6.07) is 6.41. The molecule has 0 aromatic heterocycles. The third-order valence-electron chi connectivity index (χ3n) is 4.04. The standard InChI is InChI=1S/C10H17NO4.C7H6/c1-2-3-6-14-8(12)10(4-5-10)9(13)15-7-11;1-5-6-3-2-4-7(5)6/h2-7,11H2,1H3;2-4H,1H3. The summed E-state index contributed by atoms with van der Waals surface area (Å²) in [7, 11) is 0. The maximum atomic E-state index is 11.6. The molecule has 120 valence electrons. The molecule has 5 nitrogen and oxygen atoms in total. The van der Waals surface area contributed by atoms with Crippen LogP contribution in [-0.2, 0) is 19.1 Å². The van der Waals surface area contributed by atoms with Crippen molar-refractivity contribution >= 4 is 11.9 Å². The fourth-order valence-corrected chi connectivity index (χ4v) is 2.27. The van der Waals surface area contributed by atoms with Crippen molar-refractivity contribution in [1.82, 2.24) is 0 Å². The minimum absolute atomic E-state index is 0.192. The molecule has 0 saturated heterocycles. The number of unbranched alkanes of at least 4 members (excludes halogenated alkanes) is 1. The molecule has 0 spiro atoms. The van der Waals surface area contributed by atoms with Crippen LogP contribution < -0.4 is 5.73 Å². The molecule has 1 saturated carbocycles. The van der Waals surface area contributed by atoms with Crippen LogP contribution in [0.4, 0.5) is 0 Å².